The molecule has 0 heterocycles. The van der Waals surface area contributed by atoms with Crippen molar-refractivity contribution in [3.8, 4) is 0 Å². The SMILES string of the molecule is [15NH2][13CH2]CCCC[13CH2][15NH2]. The lowest BCUT2D eigenvalue weighted by atomic mass is 10.3. The van der Waals surface area contributed by atoms with Crippen molar-refractivity contribution < 1.29 is 0 Å². The van der Waals surface area contributed by atoms with Crippen LogP contribution in [0.15, 0.2) is 0 Å². The molecule has 0 fully saturated rings. The highest BCUT2D eigenvalue weighted by Gasteiger charge is 1.83. The molecule has 0 aromatic carbocycles. The van der Waals surface area contributed by atoms with Crippen molar-refractivity contribution in [1.82, 2.24) is 0 Å². The molecular formula is C6H16N2. The van der Waals surface area contributed by atoms with E-state index in [0.29, 0.717) is 0 Å². The van der Waals surface area contributed by atoms with Crippen LogP contribution in [0.2, 0.25) is 0 Å². The zero-order chi connectivity index (χ0) is 6.24. The Balaban J connectivity index is 2.53. The molecule has 0 aliphatic rings. The van der Waals surface area contributed by atoms with E-state index < -0.39 is 0 Å². The fourth-order valence-electron chi connectivity index (χ4n) is 0.642. The van der Waals surface area contributed by atoms with Crippen LogP contribution in [0.3, 0.4) is 0 Å². The number of hydrogen-bond acceptors (Lipinski definition) is 2. The van der Waals surface area contributed by atoms with E-state index >= 15 is 0 Å². The van der Waals surface area contributed by atoms with Gasteiger partial charge in [-0.1, -0.05) is 12.8 Å². The second-order valence-electron chi connectivity index (χ2n) is 1.99. The van der Waals surface area contributed by atoms with Crippen molar-refractivity contribution >= 4 is 0 Å². The minimum absolute atomic E-state index is 0.824. The summed E-state index contributed by atoms with van der Waals surface area (Å²) in [5, 5.41) is 0. The number of nitrogens with two attached hydrogens (primary N) is 2. The van der Waals surface area contributed by atoms with Gasteiger partial charge in [0.05, 0.1) is 0 Å². The minimum Gasteiger partial charge on any atom is -0.330 e. The number of unbranched alkanes of at least 4 members (excludes halogenated alkanes) is 3. The van der Waals surface area contributed by atoms with Gasteiger partial charge in [-0.2, -0.15) is 0 Å². The molecule has 0 aromatic heterocycles. The fraction of sp³-hybridized carbons (Fsp3) is 1.00. The molecular weight excluding hydrogens is 104 g/mol. The molecule has 0 atom stereocenters. The molecule has 50 valence electrons. The maximum absolute atomic E-state index is 5.28. The highest BCUT2D eigenvalue weighted by Crippen LogP contribution is 1.95. The Kier molecular flexibility index (Phi) is 6.85. The molecule has 0 rings (SSSR count). The first-order valence-electron chi connectivity index (χ1n) is 3.32. The monoisotopic (exact) mass is 120 g/mol. The maximum Gasteiger partial charge on any atom is -0.00773 e. The summed E-state index contributed by atoms with van der Waals surface area (Å²) in [6.07, 6.45) is 4.79. The zero-order valence-electron chi connectivity index (χ0n) is 5.40. The van der Waals surface area contributed by atoms with Crippen LogP contribution in [0.1, 0.15) is 25.7 Å². The van der Waals surface area contributed by atoms with Crippen LogP contribution in [-0.2, 0) is 0 Å². The average Bonchev–Trinajstić information content (AvgIpc) is 1.81. The summed E-state index contributed by atoms with van der Waals surface area (Å²) in [6.45, 7) is 1.65. The Morgan fingerprint density at radius 3 is 1.25 bits per heavy atom. The standard InChI is InChI=1S/C6H16N2/c7-5-3-1-2-4-6-8/h1-8H2/i5+1,6+1,7+1,8+1. The molecule has 0 unspecified atom stereocenters. The predicted octanol–water partition coefficient (Wildman–Crippen LogP) is 0.464. The van der Waals surface area contributed by atoms with E-state index in [-0.39, 0.29) is 0 Å². The lowest BCUT2D eigenvalue weighted by Crippen LogP contribution is -2.00. The van der Waals surface area contributed by atoms with Gasteiger partial charge in [0.25, 0.3) is 0 Å². The molecule has 0 saturated heterocycles. The molecule has 0 aliphatic carbocycles. The molecule has 0 bridgehead atoms. The third kappa shape index (κ3) is 5.92. The molecule has 0 amide bonds. The van der Waals surface area contributed by atoms with Gasteiger partial charge in [0.1, 0.15) is 0 Å². The Hall–Kier alpha value is -0.0800. The third-order valence-corrected chi connectivity index (χ3v) is 1.16. The molecule has 0 spiro atoms. The summed E-state index contributed by atoms with van der Waals surface area (Å²) >= 11 is 0. The molecule has 2 nitrogen and oxygen atoms in total. The molecule has 0 aromatic rings. The molecule has 4 N–H and O–H groups in total. The minimum atomic E-state index is 0.824. The average molecular weight is 120 g/mol. The Bertz CT molecular complexity index is 31.5. The van der Waals surface area contributed by atoms with Crippen LogP contribution < -0.4 is 11.5 Å². The zero-order valence-corrected chi connectivity index (χ0v) is 5.40. The van der Waals surface area contributed by atoms with Gasteiger partial charge in [0.2, 0.25) is 0 Å². The van der Waals surface area contributed by atoms with Gasteiger partial charge in [0.15, 0.2) is 0 Å². The van der Waals surface area contributed by atoms with Gasteiger partial charge in [-0.15, -0.1) is 0 Å². The van der Waals surface area contributed by atoms with Gasteiger partial charge in [-0.3, -0.25) is 0 Å². The molecule has 8 heavy (non-hydrogen) atoms. The second kappa shape index (κ2) is 6.92. The van der Waals surface area contributed by atoms with E-state index in [1.807, 2.05) is 0 Å². The quantitative estimate of drug-likeness (QED) is 0.314. The summed E-state index contributed by atoms with van der Waals surface area (Å²) in [6, 6.07) is 0. The largest absolute Gasteiger partial charge is 0.330 e. The van der Waals surface area contributed by atoms with E-state index in [2.05, 4.69) is 0 Å². The maximum atomic E-state index is 5.28. The molecule has 0 saturated carbocycles. The summed E-state index contributed by atoms with van der Waals surface area (Å²) in [5.74, 6) is 0. The Morgan fingerprint density at radius 1 is 0.625 bits per heavy atom. The van der Waals surface area contributed by atoms with Crippen molar-refractivity contribution in [3.63, 3.8) is 0 Å². The first-order chi connectivity index (χ1) is 3.91. The molecule has 0 aliphatic heterocycles. The highest BCUT2D eigenvalue weighted by atomic mass is 15.5. The summed E-state index contributed by atoms with van der Waals surface area (Å²) in [4.78, 5) is 0. The van der Waals surface area contributed by atoms with Gasteiger partial charge in [0, 0.05) is 0 Å². The lowest BCUT2D eigenvalue weighted by Gasteiger charge is -1.94. The van der Waals surface area contributed by atoms with Gasteiger partial charge in [-0.25, -0.2) is 0 Å². The number of rotatable bonds is 5. The van der Waals surface area contributed by atoms with E-state index in [4.69, 9.17) is 11.5 Å². The van der Waals surface area contributed by atoms with Crippen LogP contribution in [0, 0.1) is 0 Å². The molecule has 0 radical (unpaired) electrons. The summed E-state index contributed by atoms with van der Waals surface area (Å²) < 4.78 is 0. The van der Waals surface area contributed by atoms with E-state index in [9.17, 15) is 0 Å². The van der Waals surface area contributed by atoms with Crippen LogP contribution in [0.5, 0.6) is 0 Å². The lowest BCUT2D eigenvalue weighted by molar-refractivity contribution is 0.653. The fourth-order valence-corrected chi connectivity index (χ4v) is 0.642. The van der Waals surface area contributed by atoms with Crippen molar-refractivity contribution in [3.05, 3.63) is 0 Å². The van der Waals surface area contributed by atoms with Crippen molar-refractivity contribution in [2.75, 3.05) is 13.1 Å². The van der Waals surface area contributed by atoms with Crippen molar-refractivity contribution in [2.24, 2.45) is 11.5 Å². The Labute approximate surface area is 51.2 Å². The topological polar surface area (TPSA) is 52.0 Å². The van der Waals surface area contributed by atoms with Gasteiger partial charge >= 0.3 is 0 Å². The Morgan fingerprint density at radius 2 is 1.00 bits per heavy atom. The van der Waals surface area contributed by atoms with Crippen LogP contribution >= 0.6 is 0 Å². The highest BCUT2D eigenvalue weighted by molar-refractivity contribution is 4.43. The van der Waals surface area contributed by atoms with Gasteiger partial charge in [-0.05, 0) is 25.9 Å². The van der Waals surface area contributed by atoms with Crippen molar-refractivity contribution in [1.29, 1.82) is 0 Å². The van der Waals surface area contributed by atoms with E-state index in [1.54, 1.807) is 0 Å². The van der Waals surface area contributed by atoms with Crippen LogP contribution in [-0.4, -0.2) is 13.1 Å². The first-order valence-corrected chi connectivity index (χ1v) is 3.32. The van der Waals surface area contributed by atoms with Crippen LogP contribution in [0.25, 0.3) is 0 Å². The first kappa shape index (κ1) is 7.92. The van der Waals surface area contributed by atoms with Crippen molar-refractivity contribution in [2.45, 2.75) is 25.7 Å². The predicted molar refractivity (Wildman–Crippen MR) is 36.6 cm³/mol. The van der Waals surface area contributed by atoms with E-state index in [1.165, 1.54) is 12.8 Å². The number of hydrogen-bond donors (Lipinski definition) is 2. The summed E-state index contributed by atoms with van der Waals surface area (Å²) in [5.41, 5.74) is 10.6. The van der Waals surface area contributed by atoms with Gasteiger partial charge < -0.3 is 11.5 Å². The second-order valence-corrected chi connectivity index (χ2v) is 1.99. The summed E-state index contributed by atoms with van der Waals surface area (Å²) in [7, 11) is 0. The molecule has 2 heteroatoms. The van der Waals surface area contributed by atoms with Crippen LogP contribution in [0.4, 0.5) is 0 Å². The smallest absolute Gasteiger partial charge is 0.00773 e. The van der Waals surface area contributed by atoms with E-state index in [0.717, 1.165) is 25.9 Å². The third-order valence-electron chi connectivity index (χ3n) is 1.16. The normalized spacial score (nSPS) is 9.75.